The summed E-state index contributed by atoms with van der Waals surface area (Å²) in [5.74, 6) is 2.33. The Morgan fingerprint density at radius 2 is 1.79 bits per heavy atom. The molecule has 0 saturated carbocycles. The molecule has 3 rings (SSSR count). The molecule has 1 N–H and O–H groups in total. The number of hydrogen-bond acceptors (Lipinski definition) is 7. The van der Waals surface area contributed by atoms with Crippen molar-refractivity contribution in [2.45, 2.75) is 13.5 Å². The monoisotopic (exact) mass is 396 g/mol. The maximum atomic E-state index is 12.2. The molecule has 0 unspecified atom stereocenters. The molecule has 0 aliphatic carbocycles. The molecule has 0 bridgehead atoms. The van der Waals surface area contributed by atoms with Gasteiger partial charge in [0.25, 0.3) is 0 Å². The van der Waals surface area contributed by atoms with Crippen LogP contribution in [0.4, 0.5) is 5.69 Å². The number of hydrogen-bond donors (Lipinski definition) is 1. The van der Waals surface area contributed by atoms with E-state index in [9.17, 15) is 4.79 Å². The largest absolute Gasteiger partial charge is 0.497 e. The van der Waals surface area contributed by atoms with Crippen molar-refractivity contribution in [1.29, 1.82) is 0 Å². The van der Waals surface area contributed by atoms with E-state index in [1.807, 2.05) is 38.2 Å². The minimum atomic E-state index is -0.135. The van der Waals surface area contributed by atoms with Crippen molar-refractivity contribution in [3.63, 3.8) is 0 Å². The molecule has 3 aromatic rings. The van der Waals surface area contributed by atoms with Gasteiger partial charge in [0, 0.05) is 11.3 Å². The molecule has 8 heteroatoms. The number of carbonyl (C=O) groups excluding carboxylic acids is 1. The van der Waals surface area contributed by atoms with E-state index in [1.165, 1.54) is 0 Å². The normalized spacial score (nSPS) is 10.8. The molecule has 29 heavy (non-hydrogen) atoms. The number of benzene rings is 2. The van der Waals surface area contributed by atoms with Crippen molar-refractivity contribution in [2.24, 2.45) is 0 Å². The van der Waals surface area contributed by atoms with Gasteiger partial charge in [0.2, 0.25) is 17.6 Å². The zero-order chi connectivity index (χ0) is 20.6. The smallest absolute Gasteiger partial charge is 0.241 e. The highest BCUT2D eigenvalue weighted by Gasteiger charge is 2.13. The van der Waals surface area contributed by atoms with Crippen LogP contribution >= 0.6 is 0 Å². The Morgan fingerprint density at radius 3 is 2.45 bits per heavy atom. The first-order valence-electron chi connectivity index (χ1n) is 9.25. The van der Waals surface area contributed by atoms with Gasteiger partial charge in [-0.3, -0.25) is 9.69 Å². The number of nitrogens with zero attached hydrogens (tertiary/aromatic N) is 3. The van der Waals surface area contributed by atoms with Gasteiger partial charge in [-0.15, -0.1) is 0 Å². The summed E-state index contributed by atoms with van der Waals surface area (Å²) >= 11 is 0. The van der Waals surface area contributed by atoms with Crippen molar-refractivity contribution in [1.82, 2.24) is 15.0 Å². The molecule has 152 valence electrons. The van der Waals surface area contributed by atoms with Crippen LogP contribution in [-0.2, 0) is 11.3 Å². The van der Waals surface area contributed by atoms with Crippen LogP contribution in [0.25, 0.3) is 11.4 Å². The second-order valence-electron chi connectivity index (χ2n) is 6.42. The Kier molecular flexibility index (Phi) is 6.80. The lowest BCUT2D eigenvalue weighted by Crippen LogP contribution is -2.29. The number of methoxy groups -OCH3 is 1. The third-order valence-electron chi connectivity index (χ3n) is 4.08. The average molecular weight is 396 g/mol. The van der Waals surface area contributed by atoms with Crippen molar-refractivity contribution >= 4 is 11.6 Å². The number of nitrogens with one attached hydrogen (secondary N) is 1. The van der Waals surface area contributed by atoms with Gasteiger partial charge in [-0.25, -0.2) is 0 Å². The number of amides is 1. The zero-order valence-electron chi connectivity index (χ0n) is 16.7. The topological polar surface area (TPSA) is 89.7 Å². The van der Waals surface area contributed by atoms with Crippen molar-refractivity contribution < 1.29 is 18.8 Å². The highest BCUT2D eigenvalue weighted by Crippen LogP contribution is 2.20. The molecule has 0 aliphatic heterocycles. The third kappa shape index (κ3) is 5.79. The van der Waals surface area contributed by atoms with Crippen molar-refractivity contribution in [2.75, 3.05) is 32.6 Å². The third-order valence-corrected chi connectivity index (χ3v) is 4.08. The van der Waals surface area contributed by atoms with Crippen LogP contribution in [0.3, 0.4) is 0 Å². The molecule has 0 atom stereocenters. The molecule has 0 radical (unpaired) electrons. The van der Waals surface area contributed by atoms with Gasteiger partial charge < -0.3 is 19.3 Å². The molecular weight excluding hydrogens is 372 g/mol. The quantitative estimate of drug-likeness (QED) is 0.594. The van der Waals surface area contributed by atoms with Crippen LogP contribution in [0.2, 0.25) is 0 Å². The van der Waals surface area contributed by atoms with Crippen LogP contribution in [0.5, 0.6) is 11.5 Å². The van der Waals surface area contributed by atoms with Gasteiger partial charge >= 0.3 is 0 Å². The van der Waals surface area contributed by atoms with Gasteiger partial charge in [0.05, 0.1) is 26.8 Å². The predicted octanol–water partition coefficient (Wildman–Crippen LogP) is 3.21. The number of anilines is 1. The predicted molar refractivity (Wildman–Crippen MR) is 109 cm³/mol. The van der Waals surface area contributed by atoms with Crippen LogP contribution in [0.1, 0.15) is 12.8 Å². The fourth-order valence-corrected chi connectivity index (χ4v) is 2.71. The van der Waals surface area contributed by atoms with Gasteiger partial charge in [-0.05, 0) is 62.5 Å². The summed E-state index contributed by atoms with van der Waals surface area (Å²) in [5, 5.41) is 6.85. The molecule has 0 aliphatic rings. The van der Waals surface area contributed by atoms with E-state index in [4.69, 9.17) is 14.0 Å². The average Bonchev–Trinajstić information content (AvgIpc) is 3.17. The molecule has 1 heterocycles. The second-order valence-corrected chi connectivity index (χ2v) is 6.42. The summed E-state index contributed by atoms with van der Waals surface area (Å²) in [6.45, 7) is 3.10. The van der Waals surface area contributed by atoms with E-state index in [0.717, 1.165) is 17.1 Å². The number of rotatable bonds is 9. The summed E-state index contributed by atoms with van der Waals surface area (Å²) in [7, 11) is 3.41. The number of ether oxygens (including phenoxy) is 2. The lowest BCUT2D eigenvalue weighted by molar-refractivity contribution is -0.117. The van der Waals surface area contributed by atoms with Crippen LogP contribution in [0, 0.1) is 0 Å². The van der Waals surface area contributed by atoms with Crippen LogP contribution < -0.4 is 14.8 Å². The van der Waals surface area contributed by atoms with Crippen LogP contribution in [-0.4, -0.2) is 48.3 Å². The Morgan fingerprint density at radius 1 is 1.10 bits per heavy atom. The van der Waals surface area contributed by atoms with E-state index in [-0.39, 0.29) is 12.5 Å². The molecule has 0 saturated heterocycles. The second kappa shape index (κ2) is 9.70. The number of carbonyl (C=O) groups is 1. The van der Waals surface area contributed by atoms with E-state index < -0.39 is 0 Å². The fraction of sp³-hybridized carbons (Fsp3) is 0.286. The minimum Gasteiger partial charge on any atom is -0.497 e. The number of likely N-dealkylation sites (N-methyl/N-ethyl adjacent to an activating group) is 1. The van der Waals surface area contributed by atoms with Gasteiger partial charge in [-0.2, -0.15) is 4.98 Å². The first kappa shape index (κ1) is 20.3. The standard InChI is InChI=1S/C21H24N4O4/c1-4-28-18-9-5-15(6-10-18)21-23-20(29-24-21)14-25(2)13-19(26)22-16-7-11-17(27-3)12-8-16/h5-12H,4,13-14H2,1-3H3,(H,22,26). The lowest BCUT2D eigenvalue weighted by atomic mass is 10.2. The first-order chi connectivity index (χ1) is 14.1. The fourth-order valence-electron chi connectivity index (χ4n) is 2.71. The SMILES string of the molecule is CCOc1ccc(-c2noc(CN(C)CC(=O)Nc3ccc(OC)cc3)n2)cc1. The van der Waals surface area contributed by atoms with E-state index in [0.29, 0.717) is 30.6 Å². The summed E-state index contributed by atoms with van der Waals surface area (Å²) in [6, 6.07) is 14.7. The molecule has 0 fully saturated rings. The molecular formula is C21H24N4O4. The van der Waals surface area contributed by atoms with Crippen LogP contribution in [0.15, 0.2) is 53.1 Å². The highest BCUT2D eigenvalue weighted by atomic mass is 16.5. The Hall–Kier alpha value is -3.39. The summed E-state index contributed by atoms with van der Waals surface area (Å²) in [4.78, 5) is 18.4. The summed E-state index contributed by atoms with van der Waals surface area (Å²) < 4.78 is 15.8. The van der Waals surface area contributed by atoms with E-state index in [2.05, 4.69) is 15.5 Å². The van der Waals surface area contributed by atoms with Crippen molar-refractivity contribution in [3.8, 4) is 22.9 Å². The summed E-state index contributed by atoms with van der Waals surface area (Å²) in [5.41, 5.74) is 1.54. The highest BCUT2D eigenvalue weighted by molar-refractivity contribution is 5.92. The number of aromatic nitrogens is 2. The zero-order valence-corrected chi connectivity index (χ0v) is 16.7. The van der Waals surface area contributed by atoms with Gasteiger partial charge in [0.1, 0.15) is 11.5 Å². The van der Waals surface area contributed by atoms with Gasteiger partial charge in [-0.1, -0.05) is 5.16 Å². The Balaban J connectivity index is 1.52. The molecule has 1 amide bonds. The Labute approximate surface area is 169 Å². The maximum absolute atomic E-state index is 12.2. The van der Waals surface area contributed by atoms with Gasteiger partial charge in [0.15, 0.2) is 0 Å². The molecule has 2 aromatic carbocycles. The molecule has 0 spiro atoms. The Bertz CT molecular complexity index is 923. The molecule has 8 nitrogen and oxygen atoms in total. The van der Waals surface area contributed by atoms with Crippen molar-refractivity contribution in [3.05, 3.63) is 54.4 Å². The van der Waals surface area contributed by atoms with E-state index in [1.54, 1.807) is 36.3 Å². The first-order valence-corrected chi connectivity index (χ1v) is 9.25. The maximum Gasteiger partial charge on any atom is 0.241 e. The lowest BCUT2D eigenvalue weighted by Gasteiger charge is -2.14. The summed E-state index contributed by atoms with van der Waals surface area (Å²) in [6.07, 6.45) is 0. The van der Waals surface area contributed by atoms with E-state index >= 15 is 0 Å². The minimum absolute atomic E-state index is 0.135. The molecule has 1 aromatic heterocycles.